The Morgan fingerprint density at radius 3 is 1.75 bits per heavy atom. The Bertz CT molecular complexity index is 2430. The molecule has 3 heteroatoms. The molecule has 0 amide bonds. The van der Waals surface area contributed by atoms with Crippen LogP contribution in [0.1, 0.15) is 0 Å². The summed E-state index contributed by atoms with van der Waals surface area (Å²) in [4.78, 5) is 5.22. The second-order valence-electron chi connectivity index (χ2n) is 10.3. The Morgan fingerprint density at radius 2 is 0.975 bits per heavy atom. The fourth-order valence-corrected chi connectivity index (χ4v) is 8.72. The molecule has 0 aliphatic heterocycles. The first-order valence-electron chi connectivity index (χ1n) is 13.5. The zero-order chi connectivity index (χ0) is 26.2. The number of fused-ring (bicyclic) bond motifs is 10. The number of nitrogens with zero attached hydrogens (tertiary/aromatic N) is 1. The summed E-state index contributed by atoms with van der Waals surface area (Å²) in [5, 5.41) is 9.04. The smallest absolute Gasteiger partial charge is 0.0788 e. The maximum Gasteiger partial charge on any atom is 0.0788 e. The van der Waals surface area contributed by atoms with Gasteiger partial charge in [-0.1, -0.05) is 109 Å². The first-order chi connectivity index (χ1) is 19.8. The molecule has 0 saturated carbocycles. The number of hydrogen-bond acceptors (Lipinski definition) is 3. The van der Waals surface area contributed by atoms with E-state index in [9.17, 15) is 0 Å². The zero-order valence-electron chi connectivity index (χ0n) is 21.4. The summed E-state index contributed by atoms with van der Waals surface area (Å²) < 4.78 is 5.35. The Kier molecular flexibility index (Phi) is 4.71. The van der Waals surface area contributed by atoms with E-state index >= 15 is 0 Å². The van der Waals surface area contributed by atoms with Crippen molar-refractivity contribution in [2.24, 2.45) is 0 Å². The quantitative estimate of drug-likeness (QED) is 0.198. The van der Waals surface area contributed by atoms with Gasteiger partial charge in [-0.05, 0) is 29.3 Å². The molecule has 0 fully saturated rings. The number of hydrogen-bond donors (Lipinski definition) is 0. The Hall–Kier alpha value is -4.57. The molecule has 0 aliphatic rings. The summed E-state index contributed by atoms with van der Waals surface area (Å²) in [5.74, 6) is 0. The highest BCUT2D eigenvalue weighted by Gasteiger charge is 2.16. The topological polar surface area (TPSA) is 12.9 Å². The zero-order valence-corrected chi connectivity index (χ0v) is 23.0. The Balaban J connectivity index is 1.27. The minimum Gasteiger partial charge on any atom is -0.247 e. The summed E-state index contributed by atoms with van der Waals surface area (Å²) in [6, 6.07) is 46.2. The van der Waals surface area contributed by atoms with Crippen LogP contribution in [0.25, 0.3) is 84.4 Å². The van der Waals surface area contributed by atoms with Gasteiger partial charge in [0.25, 0.3) is 0 Å². The van der Waals surface area contributed by atoms with Crippen molar-refractivity contribution in [3.63, 3.8) is 0 Å². The van der Waals surface area contributed by atoms with Crippen LogP contribution in [-0.2, 0) is 0 Å². The van der Waals surface area contributed by atoms with Crippen molar-refractivity contribution in [2.75, 3.05) is 0 Å². The standard InChI is InChI=1S/C37H21NS2/c1-4-13-31-29(10-1)34-30(21-20-28-26-9-3-6-15-33(26)40-37(28)34)35(38-31)23-18-16-22(17-19-23)24-11-7-12-27-25-8-2-5-14-32(25)39-36(24)27/h1-21H. The summed E-state index contributed by atoms with van der Waals surface area (Å²) in [6.07, 6.45) is 0. The van der Waals surface area contributed by atoms with E-state index < -0.39 is 0 Å². The molecular weight excluding hydrogens is 523 g/mol. The van der Waals surface area contributed by atoms with Gasteiger partial charge in [0.05, 0.1) is 11.2 Å². The predicted molar refractivity (Wildman–Crippen MR) is 176 cm³/mol. The molecule has 3 heterocycles. The molecule has 1 nitrogen and oxygen atoms in total. The summed E-state index contributed by atoms with van der Waals surface area (Å²) in [6.45, 7) is 0. The van der Waals surface area contributed by atoms with Gasteiger partial charge >= 0.3 is 0 Å². The largest absolute Gasteiger partial charge is 0.247 e. The molecule has 0 spiro atoms. The van der Waals surface area contributed by atoms with Crippen LogP contribution in [0.5, 0.6) is 0 Å². The molecule has 3 aromatic heterocycles. The molecule has 0 atom stereocenters. The molecule has 0 saturated heterocycles. The normalized spacial score (nSPS) is 12.0. The van der Waals surface area contributed by atoms with Crippen LogP contribution in [0, 0.1) is 0 Å². The van der Waals surface area contributed by atoms with Crippen molar-refractivity contribution in [1.29, 1.82) is 0 Å². The van der Waals surface area contributed by atoms with Gasteiger partial charge in [-0.3, -0.25) is 0 Å². The van der Waals surface area contributed by atoms with Crippen molar-refractivity contribution in [1.82, 2.24) is 4.98 Å². The van der Waals surface area contributed by atoms with Crippen LogP contribution in [0.2, 0.25) is 0 Å². The number of rotatable bonds is 2. The first kappa shape index (κ1) is 22.3. The van der Waals surface area contributed by atoms with E-state index in [0.717, 1.165) is 16.8 Å². The van der Waals surface area contributed by atoms with Crippen LogP contribution in [0.4, 0.5) is 0 Å². The van der Waals surface area contributed by atoms with E-state index in [1.165, 1.54) is 67.6 Å². The van der Waals surface area contributed by atoms with Crippen LogP contribution in [0.15, 0.2) is 127 Å². The number of para-hydroxylation sites is 1. The highest BCUT2D eigenvalue weighted by atomic mass is 32.1. The number of thiophene rings is 2. The SMILES string of the molecule is c1ccc2c(c1)nc(-c1ccc(-c3cccc4c3sc3ccccc34)cc1)c1ccc3c4ccccc4sc3c12. The number of benzene rings is 6. The molecule has 9 aromatic rings. The second-order valence-corrected chi connectivity index (χ2v) is 12.4. The molecule has 0 unspecified atom stereocenters. The third-order valence-corrected chi connectivity index (χ3v) is 10.5. The van der Waals surface area contributed by atoms with E-state index in [4.69, 9.17) is 4.98 Å². The van der Waals surface area contributed by atoms with Crippen LogP contribution in [-0.4, -0.2) is 4.98 Å². The van der Waals surface area contributed by atoms with Gasteiger partial charge in [0.2, 0.25) is 0 Å². The second kappa shape index (κ2) is 8.46. The average Bonchev–Trinajstić information content (AvgIpc) is 3.59. The lowest BCUT2D eigenvalue weighted by molar-refractivity contribution is 1.43. The Morgan fingerprint density at radius 1 is 0.400 bits per heavy atom. The van der Waals surface area contributed by atoms with E-state index in [1.54, 1.807) is 0 Å². The van der Waals surface area contributed by atoms with Crippen LogP contribution < -0.4 is 0 Å². The maximum atomic E-state index is 5.22. The average molecular weight is 544 g/mol. The lowest BCUT2D eigenvalue weighted by Gasteiger charge is -2.12. The fraction of sp³-hybridized carbons (Fsp3) is 0. The van der Waals surface area contributed by atoms with Gasteiger partial charge in [0, 0.05) is 62.1 Å². The van der Waals surface area contributed by atoms with E-state index in [-0.39, 0.29) is 0 Å². The lowest BCUT2D eigenvalue weighted by atomic mass is 9.96. The molecule has 186 valence electrons. The van der Waals surface area contributed by atoms with Crippen molar-refractivity contribution >= 4 is 84.7 Å². The first-order valence-corrected chi connectivity index (χ1v) is 15.1. The maximum absolute atomic E-state index is 5.22. The minimum atomic E-state index is 1.04. The van der Waals surface area contributed by atoms with Gasteiger partial charge in [0.15, 0.2) is 0 Å². The van der Waals surface area contributed by atoms with Gasteiger partial charge in [-0.15, -0.1) is 22.7 Å². The minimum absolute atomic E-state index is 1.04. The van der Waals surface area contributed by atoms with E-state index in [2.05, 4.69) is 127 Å². The molecule has 9 rings (SSSR count). The van der Waals surface area contributed by atoms with E-state index in [1.807, 2.05) is 22.7 Å². The van der Waals surface area contributed by atoms with Crippen molar-refractivity contribution in [3.05, 3.63) is 127 Å². The van der Waals surface area contributed by atoms with Crippen molar-refractivity contribution < 1.29 is 0 Å². The van der Waals surface area contributed by atoms with Crippen LogP contribution >= 0.6 is 22.7 Å². The molecule has 0 bridgehead atoms. The van der Waals surface area contributed by atoms with E-state index in [0.29, 0.717) is 0 Å². The number of aromatic nitrogens is 1. The molecule has 0 aliphatic carbocycles. The summed E-state index contributed by atoms with van der Waals surface area (Å²) in [7, 11) is 0. The third kappa shape index (κ3) is 3.16. The summed E-state index contributed by atoms with van der Waals surface area (Å²) in [5.41, 5.74) is 5.74. The number of pyridine rings is 1. The molecule has 6 aromatic carbocycles. The fourth-order valence-electron chi connectivity index (χ4n) is 6.22. The molecular formula is C37H21NS2. The molecule has 0 radical (unpaired) electrons. The van der Waals surface area contributed by atoms with Crippen molar-refractivity contribution in [2.45, 2.75) is 0 Å². The van der Waals surface area contributed by atoms with Gasteiger partial charge in [-0.2, -0.15) is 0 Å². The summed E-state index contributed by atoms with van der Waals surface area (Å²) >= 11 is 3.76. The van der Waals surface area contributed by atoms with Gasteiger partial charge < -0.3 is 0 Å². The molecule has 0 N–H and O–H groups in total. The van der Waals surface area contributed by atoms with Gasteiger partial charge in [0.1, 0.15) is 0 Å². The highest BCUT2D eigenvalue weighted by Crippen LogP contribution is 2.44. The third-order valence-electron chi connectivity index (χ3n) is 8.08. The lowest BCUT2D eigenvalue weighted by Crippen LogP contribution is -1.90. The van der Waals surface area contributed by atoms with Crippen molar-refractivity contribution in [3.8, 4) is 22.4 Å². The Labute approximate surface area is 238 Å². The van der Waals surface area contributed by atoms with Gasteiger partial charge in [-0.25, -0.2) is 4.98 Å². The van der Waals surface area contributed by atoms with Crippen LogP contribution in [0.3, 0.4) is 0 Å². The highest BCUT2D eigenvalue weighted by molar-refractivity contribution is 7.27. The molecule has 40 heavy (non-hydrogen) atoms. The monoisotopic (exact) mass is 543 g/mol. The predicted octanol–water partition coefficient (Wildman–Crippen LogP) is 11.5.